The van der Waals surface area contributed by atoms with Gasteiger partial charge in [-0.3, -0.25) is 0 Å². The van der Waals surface area contributed by atoms with E-state index in [1.54, 1.807) is 0 Å². The van der Waals surface area contributed by atoms with Gasteiger partial charge < -0.3 is 4.98 Å². The van der Waals surface area contributed by atoms with Crippen molar-refractivity contribution in [3.63, 3.8) is 0 Å². The SMILES string of the molecule is Cc1[nH]c(C2CCCCC2)nc1CC#N. The summed E-state index contributed by atoms with van der Waals surface area (Å²) >= 11 is 0. The zero-order valence-corrected chi connectivity index (χ0v) is 9.21. The third kappa shape index (κ3) is 2.20. The van der Waals surface area contributed by atoms with Gasteiger partial charge in [-0.2, -0.15) is 5.26 Å². The maximum Gasteiger partial charge on any atom is 0.109 e. The number of imidazole rings is 1. The molecule has 80 valence electrons. The number of aromatic amines is 1. The molecule has 0 amide bonds. The molecule has 1 fully saturated rings. The van der Waals surface area contributed by atoms with Crippen molar-refractivity contribution in [1.82, 2.24) is 9.97 Å². The van der Waals surface area contributed by atoms with Crippen LogP contribution < -0.4 is 0 Å². The number of aromatic nitrogens is 2. The molecule has 1 saturated carbocycles. The first-order valence-electron chi connectivity index (χ1n) is 5.73. The van der Waals surface area contributed by atoms with Crippen LogP contribution in [0.25, 0.3) is 0 Å². The van der Waals surface area contributed by atoms with E-state index >= 15 is 0 Å². The molecule has 0 bridgehead atoms. The molecule has 3 heteroatoms. The maximum absolute atomic E-state index is 8.66. The van der Waals surface area contributed by atoms with Gasteiger partial charge in [0.15, 0.2) is 0 Å². The Hall–Kier alpha value is -1.30. The van der Waals surface area contributed by atoms with E-state index in [1.165, 1.54) is 32.1 Å². The first kappa shape index (κ1) is 10.2. The molecule has 0 unspecified atom stereocenters. The van der Waals surface area contributed by atoms with Gasteiger partial charge in [-0.25, -0.2) is 4.98 Å². The number of nitrogens with zero attached hydrogens (tertiary/aromatic N) is 2. The smallest absolute Gasteiger partial charge is 0.109 e. The molecule has 0 saturated heterocycles. The Morgan fingerprint density at radius 1 is 1.40 bits per heavy atom. The minimum atomic E-state index is 0.426. The van der Waals surface area contributed by atoms with Crippen LogP contribution >= 0.6 is 0 Å². The molecule has 1 heterocycles. The lowest BCUT2D eigenvalue weighted by molar-refractivity contribution is 0.430. The summed E-state index contributed by atoms with van der Waals surface area (Å²) in [7, 11) is 0. The number of nitriles is 1. The van der Waals surface area contributed by atoms with Crippen molar-refractivity contribution in [2.45, 2.75) is 51.4 Å². The van der Waals surface area contributed by atoms with Crippen LogP contribution in [0.3, 0.4) is 0 Å². The van der Waals surface area contributed by atoms with E-state index in [2.05, 4.69) is 16.0 Å². The second kappa shape index (κ2) is 4.48. The average molecular weight is 203 g/mol. The van der Waals surface area contributed by atoms with Crippen molar-refractivity contribution in [2.75, 3.05) is 0 Å². The van der Waals surface area contributed by atoms with Gasteiger partial charge in [-0.1, -0.05) is 19.3 Å². The summed E-state index contributed by atoms with van der Waals surface area (Å²) in [5, 5.41) is 8.66. The second-order valence-corrected chi connectivity index (χ2v) is 4.36. The van der Waals surface area contributed by atoms with E-state index in [4.69, 9.17) is 5.26 Å². The van der Waals surface area contributed by atoms with Crippen LogP contribution in [-0.4, -0.2) is 9.97 Å². The lowest BCUT2D eigenvalue weighted by Crippen LogP contribution is -2.06. The largest absolute Gasteiger partial charge is 0.346 e. The first-order chi connectivity index (χ1) is 7.31. The van der Waals surface area contributed by atoms with Crippen molar-refractivity contribution in [3.05, 3.63) is 17.2 Å². The zero-order chi connectivity index (χ0) is 10.7. The first-order valence-corrected chi connectivity index (χ1v) is 5.73. The molecule has 1 aliphatic carbocycles. The summed E-state index contributed by atoms with van der Waals surface area (Å²) in [5.74, 6) is 1.71. The number of rotatable bonds is 2. The van der Waals surface area contributed by atoms with Crippen LogP contribution in [-0.2, 0) is 6.42 Å². The summed E-state index contributed by atoms with van der Waals surface area (Å²) < 4.78 is 0. The quantitative estimate of drug-likeness (QED) is 0.803. The molecule has 1 N–H and O–H groups in total. The molecule has 0 spiro atoms. The molecule has 1 aromatic rings. The van der Waals surface area contributed by atoms with Gasteiger partial charge in [-0.05, 0) is 19.8 Å². The molecule has 3 nitrogen and oxygen atoms in total. The van der Waals surface area contributed by atoms with Gasteiger partial charge in [-0.15, -0.1) is 0 Å². The van der Waals surface area contributed by atoms with Crippen molar-refractivity contribution >= 4 is 0 Å². The summed E-state index contributed by atoms with van der Waals surface area (Å²) in [6.45, 7) is 2.01. The van der Waals surface area contributed by atoms with E-state index in [1.807, 2.05) is 6.92 Å². The zero-order valence-electron chi connectivity index (χ0n) is 9.21. The standard InChI is InChI=1S/C12H17N3/c1-9-11(7-8-13)15-12(14-9)10-5-3-2-4-6-10/h10H,2-7H2,1H3,(H,14,15). The molecule has 0 atom stereocenters. The summed E-state index contributed by atoms with van der Waals surface area (Å²) in [6.07, 6.45) is 6.92. The van der Waals surface area contributed by atoms with E-state index in [9.17, 15) is 0 Å². The molecule has 1 aliphatic rings. The second-order valence-electron chi connectivity index (χ2n) is 4.36. The summed E-state index contributed by atoms with van der Waals surface area (Å²) in [6, 6.07) is 2.16. The molecule has 0 aromatic carbocycles. The minimum Gasteiger partial charge on any atom is -0.346 e. The van der Waals surface area contributed by atoms with Gasteiger partial charge in [0.1, 0.15) is 5.82 Å². The van der Waals surface area contributed by atoms with Gasteiger partial charge in [0.2, 0.25) is 0 Å². The molecule has 0 aliphatic heterocycles. The fourth-order valence-electron chi connectivity index (χ4n) is 2.34. The molecule has 0 radical (unpaired) electrons. The summed E-state index contributed by atoms with van der Waals surface area (Å²) in [4.78, 5) is 7.88. The maximum atomic E-state index is 8.66. The van der Waals surface area contributed by atoms with Crippen LogP contribution in [0.4, 0.5) is 0 Å². The molecular weight excluding hydrogens is 186 g/mol. The number of aryl methyl sites for hydroxylation is 1. The Morgan fingerprint density at radius 3 is 2.80 bits per heavy atom. The monoisotopic (exact) mass is 203 g/mol. The van der Waals surface area contributed by atoms with Crippen molar-refractivity contribution in [3.8, 4) is 6.07 Å². The highest BCUT2D eigenvalue weighted by Crippen LogP contribution is 2.31. The number of hydrogen-bond acceptors (Lipinski definition) is 2. The predicted octanol–water partition coefficient (Wildman–Crippen LogP) is 2.83. The van der Waals surface area contributed by atoms with Crippen LogP contribution in [0.5, 0.6) is 0 Å². The molecule has 1 aromatic heterocycles. The van der Waals surface area contributed by atoms with Gasteiger partial charge in [0, 0.05) is 11.6 Å². The van der Waals surface area contributed by atoms with Crippen LogP contribution in [0, 0.1) is 18.3 Å². The molecule has 15 heavy (non-hydrogen) atoms. The third-order valence-electron chi connectivity index (χ3n) is 3.24. The Balaban J connectivity index is 2.14. The lowest BCUT2D eigenvalue weighted by Gasteiger charge is -2.19. The fourth-order valence-corrected chi connectivity index (χ4v) is 2.34. The van der Waals surface area contributed by atoms with Crippen LogP contribution in [0.1, 0.15) is 55.2 Å². The molecular formula is C12H17N3. The predicted molar refractivity (Wildman–Crippen MR) is 58.5 cm³/mol. The van der Waals surface area contributed by atoms with Crippen molar-refractivity contribution in [1.29, 1.82) is 5.26 Å². The third-order valence-corrected chi connectivity index (χ3v) is 3.24. The molecule has 2 rings (SSSR count). The highest BCUT2D eigenvalue weighted by molar-refractivity contribution is 5.18. The highest BCUT2D eigenvalue weighted by atomic mass is 14.9. The van der Waals surface area contributed by atoms with Gasteiger partial charge in [0.05, 0.1) is 18.2 Å². The normalized spacial score (nSPS) is 17.6. The van der Waals surface area contributed by atoms with Gasteiger partial charge >= 0.3 is 0 Å². The van der Waals surface area contributed by atoms with E-state index < -0.39 is 0 Å². The summed E-state index contributed by atoms with van der Waals surface area (Å²) in [5.41, 5.74) is 2.00. The van der Waals surface area contributed by atoms with Crippen LogP contribution in [0.15, 0.2) is 0 Å². The van der Waals surface area contributed by atoms with E-state index in [-0.39, 0.29) is 0 Å². The van der Waals surface area contributed by atoms with Crippen molar-refractivity contribution in [2.24, 2.45) is 0 Å². The average Bonchev–Trinajstić information content (AvgIpc) is 2.63. The number of H-pyrrole nitrogens is 1. The highest BCUT2D eigenvalue weighted by Gasteiger charge is 2.19. The Bertz CT molecular complexity index is 367. The van der Waals surface area contributed by atoms with Gasteiger partial charge in [0.25, 0.3) is 0 Å². The van der Waals surface area contributed by atoms with E-state index in [0.29, 0.717) is 12.3 Å². The van der Waals surface area contributed by atoms with Crippen molar-refractivity contribution < 1.29 is 0 Å². The number of nitrogens with one attached hydrogen (secondary N) is 1. The van der Waals surface area contributed by atoms with E-state index in [0.717, 1.165) is 17.2 Å². The van der Waals surface area contributed by atoms with Crippen LogP contribution in [0.2, 0.25) is 0 Å². The topological polar surface area (TPSA) is 52.5 Å². The fraction of sp³-hybridized carbons (Fsp3) is 0.667. The minimum absolute atomic E-state index is 0.426. The number of hydrogen-bond donors (Lipinski definition) is 1. The Labute approximate surface area is 90.5 Å². The Morgan fingerprint density at radius 2 is 2.13 bits per heavy atom. The Kier molecular flexibility index (Phi) is 3.05. The lowest BCUT2D eigenvalue weighted by atomic mass is 9.89.